The third kappa shape index (κ3) is 4.65. The summed E-state index contributed by atoms with van der Waals surface area (Å²) in [5.41, 5.74) is 1.26. The summed E-state index contributed by atoms with van der Waals surface area (Å²) in [6, 6.07) is 7.86. The average molecular weight is 264 g/mol. The van der Waals surface area contributed by atoms with Crippen LogP contribution in [0.15, 0.2) is 24.3 Å². The molecule has 0 saturated heterocycles. The van der Waals surface area contributed by atoms with Crippen LogP contribution in [0.1, 0.15) is 5.56 Å². The van der Waals surface area contributed by atoms with Gasteiger partial charge in [-0.1, -0.05) is 39.7 Å². The van der Waals surface area contributed by atoms with Crippen molar-refractivity contribution in [3.8, 4) is 0 Å². The Morgan fingerprint density at radius 2 is 1.85 bits per heavy atom. The predicted molar refractivity (Wildman–Crippen MR) is 59.8 cm³/mol. The van der Waals surface area contributed by atoms with E-state index in [1.54, 1.807) is 0 Å². The smallest absolute Gasteiger partial charge is 0.0563 e. The number of halogens is 2. The molecule has 1 nitrogen and oxygen atoms in total. The Morgan fingerprint density at radius 1 is 1.15 bits per heavy atom. The molecule has 0 radical (unpaired) electrons. The summed E-state index contributed by atoms with van der Waals surface area (Å²) in [6.07, 6.45) is 0.949. The van der Waals surface area contributed by atoms with Gasteiger partial charge in [0.25, 0.3) is 0 Å². The monoisotopic (exact) mass is 262 g/mol. The van der Waals surface area contributed by atoms with Crippen LogP contribution in [0.25, 0.3) is 0 Å². The molecule has 0 fully saturated rings. The second-order valence-corrected chi connectivity index (χ2v) is 3.91. The van der Waals surface area contributed by atoms with E-state index in [2.05, 4.69) is 15.9 Å². The van der Waals surface area contributed by atoms with Crippen molar-refractivity contribution in [1.29, 1.82) is 0 Å². The van der Waals surface area contributed by atoms with Gasteiger partial charge in [0.15, 0.2) is 0 Å². The lowest BCUT2D eigenvalue weighted by atomic mass is 10.2. The lowest BCUT2D eigenvalue weighted by Gasteiger charge is -2.02. The van der Waals surface area contributed by atoms with Crippen molar-refractivity contribution in [1.82, 2.24) is 0 Å². The first-order valence-corrected chi connectivity index (χ1v) is 5.71. The first-order valence-electron chi connectivity index (χ1n) is 4.21. The molecular formula is C10H12BrClO. The van der Waals surface area contributed by atoms with Crippen LogP contribution < -0.4 is 0 Å². The lowest BCUT2D eigenvalue weighted by Crippen LogP contribution is -2.00. The van der Waals surface area contributed by atoms with E-state index in [9.17, 15) is 0 Å². The largest absolute Gasteiger partial charge is 0.380 e. The van der Waals surface area contributed by atoms with Gasteiger partial charge in [-0.25, -0.2) is 0 Å². The van der Waals surface area contributed by atoms with E-state index in [-0.39, 0.29) is 0 Å². The van der Waals surface area contributed by atoms with E-state index in [1.807, 2.05) is 24.3 Å². The normalized spacial score (nSPS) is 10.3. The zero-order valence-corrected chi connectivity index (χ0v) is 9.64. The summed E-state index contributed by atoms with van der Waals surface area (Å²) in [6.45, 7) is 1.54. The van der Waals surface area contributed by atoms with E-state index in [0.717, 1.165) is 30.0 Å². The molecule has 0 bridgehead atoms. The highest BCUT2D eigenvalue weighted by Crippen LogP contribution is 2.09. The zero-order chi connectivity index (χ0) is 9.52. The first kappa shape index (κ1) is 11.0. The van der Waals surface area contributed by atoms with E-state index in [4.69, 9.17) is 16.3 Å². The van der Waals surface area contributed by atoms with Crippen LogP contribution in [0, 0.1) is 0 Å². The standard InChI is InChI=1S/C10H12BrClO/c11-6-8-13-7-5-9-1-3-10(12)4-2-9/h1-4H,5-8H2. The fourth-order valence-electron chi connectivity index (χ4n) is 0.998. The number of benzene rings is 1. The highest BCUT2D eigenvalue weighted by Gasteiger charge is 1.93. The number of ether oxygens (including phenoxy) is 1. The highest BCUT2D eigenvalue weighted by atomic mass is 79.9. The Hall–Kier alpha value is -0.0500. The molecule has 0 heterocycles. The molecule has 0 unspecified atom stereocenters. The predicted octanol–water partition coefficient (Wildman–Crippen LogP) is 3.29. The molecule has 0 aromatic heterocycles. The Balaban J connectivity index is 2.25. The number of alkyl halides is 1. The Morgan fingerprint density at radius 3 is 2.46 bits per heavy atom. The van der Waals surface area contributed by atoms with Crippen LogP contribution in [0.5, 0.6) is 0 Å². The van der Waals surface area contributed by atoms with Gasteiger partial charge in [-0.3, -0.25) is 0 Å². The molecule has 0 saturated carbocycles. The molecule has 0 aliphatic carbocycles. The molecule has 3 heteroatoms. The molecule has 0 N–H and O–H groups in total. The van der Waals surface area contributed by atoms with Crippen molar-refractivity contribution >= 4 is 27.5 Å². The molecule has 1 aromatic rings. The maximum Gasteiger partial charge on any atom is 0.0563 e. The third-order valence-corrected chi connectivity index (χ3v) is 2.25. The molecule has 1 rings (SSSR count). The van der Waals surface area contributed by atoms with E-state index in [1.165, 1.54) is 5.56 Å². The fraction of sp³-hybridized carbons (Fsp3) is 0.400. The summed E-state index contributed by atoms with van der Waals surface area (Å²) >= 11 is 9.06. The summed E-state index contributed by atoms with van der Waals surface area (Å²) in [4.78, 5) is 0. The van der Waals surface area contributed by atoms with Crippen molar-refractivity contribution in [2.45, 2.75) is 6.42 Å². The lowest BCUT2D eigenvalue weighted by molar-refractivity contribution is 0.154. The molecule has 0 spiro atoms. The van der Waals surface area contributed by atoms with Gasteiger partial charge in [0.05, 0.1) is 13.2 Å². The summed E-state index contributed by atoms with van der Waals surface area (Å²) in [5.74, 6) is 0. The third-order valence-electron chi connectivity index (χ3n) is 1.67. The maximum atomic E-state index is 5.76. The summed E-state index contributed by atoms with van der Waals surface area (Å²) in [7, 11) is 0. The fourth-order valence-corrected chi connectivity index (χ4v) is 1.35. The number of hydrogen-bond acceptors (Lipinski definition) is 1. The summed E-state index contributed by atoms with van der Waals surface area (Å²) < 4.78 is 5.34. The molecule has 1 aromatic carbocycles. The van der Waals surface area contributed by atoms with Gasteiger partial charge in [-0.05, 0) is 24.1 Å². The first-order chi connectivity index (χ1) is 6.33. The van der Waals surface area contributed by atoms with Crippen LogP contribution in [0.4, 0.5) is 0 Å². The van der Waals surface area contributed by atoms with Gasteiger partial charge >= 0.3 is 0 Å². The van der Waals surface area contributed by atoms with Crippen LogP contribution in [0.3, 0.4) is 0 Å². The molecular weight excluding hydrogens is 251 g/mol. The molecule has 0 aliphatic heterocycles. The zero-order valence-electron chi connectivity index (χ0n) is 7.30. The molecule has 0 amide bonds. The highest BCUT2D eigenvalue weighted by molar-refractivity contribution is 9.09. The topological polar surface area (TPSA) is 9.23 Å². The van der Waals surface area contributed by atoms with Crippen LogP contribution >= 0.6 is 27.5 Å². The van der Waals surface area contributed by atoms with Gasteiger partial charge in [0, 0.05) is 10.4 Å². The van der Waals surface area contributed by atoms with Gasteiger partial charge < -0.3 is 4.74 Å². The minimum atomic E-state index is 0.771. The van der Waals surface area contributed by atoms with Crippen LogP contribution in [-0.2, 0) is 11.2 Å². The second-order valence-electron chi connectivity index (χ2n) is 2.68. The van der Waals surface area contributed by atoms with Gasteiger partial charge in [-0.2, -0.15) is 0 Å². The summed E-state index contributed by atoms with van der Waals surface area (Å²) in [5, 5.41) is 1.68. The Kier molecular flexibility index (Phi) is 5.44. The van der Waals surface area contributed by atoms with E-state index in [0.29, 0.717) is 0 Å². The van der Waals surface area contributed by atoms with Gasteiger partial charge in [-0.15, -0.1) is 0 Å². The van der Waals surface area contributed by atoms with E-state index >= 15 is 0 Å². The number of hydrogen-bond donors (Lipinski definition) is 0. The van der Waals surface area contributed by atoms with Crippen LogP contribution in [-0.4, -0.2) is 18.5 Å². The Bertz CT molecular complexity index is 235. The SMILES string of the molecule is Clc1ccc(CCOCCBr)cc1. The van der Waals surface area contributed by atoms with Crippen molar-refractivity contribution < 1.29 is 4.74 Å². The van der Waals surface area contributed by atoms with Crippen molar-refractivity contribution in [2.75, 3.05) is 18.5 Å². The molecule has 72 valence electrons. The van der Waals surface area contributed by atoms with Crippen LogP contribution in [0.2, 0.25) is 5.02 Å². The molecule has 0 aliphatic rings. The maximum absolute atomic E-state index is 5.76. The Labute approximate surface area is 92.2 Å². The van der Waals surface area contributed by atoms with E-state index < -0.39 is 0 Å². The van der Waals surface area contributed by atoms with Crippen molar-refractivity contribution in [3.63, 3.8) is 0 Å². The molecule has 0 atom stereocenters. The van der Waals surface area contributed by atoms with Gasteiger partial charge in [0.1, 0.15) is 0 Å². The second kappa shape index (κ2) is 6.41. The molecule has 13 heavy (non-hydrogen) atoms. The minimum absolute atomic E-state index is 0.771. The number of rotatable bonds is 5. The van der Waals surface area contributed by atoms with Gasteiger partial charge in [0.2, 0.25) is 0 Å². The van der Waals surface area contributed by atoms with Crippen molar-refractivity contribution in [3.05, 3.63) is 34.9 Å². The minimum Gasteiger partial charge on any atom is -0.380 e. The van der Waals surface area contributed by atoms with Crippen molar-refractivity contribution in [2.24, 2.45) is 0 Å². The average Bonchev–Trinajstić information content (AvgIpc) is 2.15. The quantitative estimate of drug-likeness (QED) is 0.585.